The number of rotatable bonds is 4. The highest BCUT2D eigenvalue weighted by Crippen LogP contribution is 2.19. The molecule has 19 heavy (non-hydrogen) atoms. The molecule has 0 atom stereocenters. The Bertz CT molecular complexity index is 589. The van der Waals surface area contributed by atoms with Crippen molar-refractivity contribution in [3.8, 4) is 11.1 Å². The first kappa shape index (κ1) is 13.0. The SMILES string of the molecule is C=C/C=C\N=C(/C)c1ccc(-c2ccccc2)cc1. The summed E-state index contributed by atoms with van der Waals surface area (Å²) >= 11 is 0. The van der Waals surface area contributed by atoms with E-state index in [4.69, 9.17) is 0 Å². The second-order valence-corrected chi connectivity index (χ2v) is 4.24. The summed E-state index contributed by atoms with van der Waals surface area (Å²) in [5.74, 6) is 0. The zero-order chi connectivity index (χ0) is 13.5. The van der Waals surface area contributed by atoms with Crippen LogP contribution >= 0.6 is 0 Å². The van der Waals surface area contributed by atoms with Gasteiger partial charge < -0.3 is 0 Å². The summed E-state index contributed by atoms with van der Waals surface area (Å²) in [7, 11) is 0. The van der Waals surface area contributed by atoms with E-state index in [9.17, 15) is 0 Å². The van der Waals surface area contributed by atoms with Gasteiger partial charge >= 0.3 is 0 Å². The van der Waals surface area contributed by atoms with Crippen molar-refractivity contribution in [2.75, 3.05) is 0 Å². The van der Waals surface area contributed by atoms with Crippen molar-refractivity contribution >= 4 is 5.71 Å². The number of hydrogen-bond donors (Lipinski definition) is 0. The molecule has 0 heterocycles. The smallest absolute Gasteiger partial charge is 0.0444 e. The van der Waals surface area contributed by atoms with Gasteiger partial charge in [-0.25, -0.2) is 0 Å². The molecule has 1 nitrogen and oxygen atoms in total. The Morgan fingerprint density at radius 2 is 1.58 bits per heavy atom. The molecule has 0 aliphatic rings. The standard InChI is InChI=1S/C18H17N/c1-3-4-14-19-15(2)16-10-12-18(13-11-16)17-8-6-5-7-9-17/h3-14H,1H2,2H3/b14-4-,19-15+. The van der Waals surface area contributed by atoms with Gasteiger partial charge in [0.1, 0.15) is 0 Å². The Morgan fingerprint density at radius 3 is 2.21 bits per heavy atom. The zero-order valence-corrected chi connectivity index (χ0v) is 11.1. The van der Waals surface area contributed by atoms with Crippen LogP contribution in [0, 0.1) is 0 Å². The quantitative estimate of drug-likeness (QED) is 0.540. The third-order valence-corrected chi connectivity index (χ3v) is 2.90. The van der Waals surface area contributed by atoms with Crippen molar-refractivity contribution in [3.05, 3.63) is 85.1 Å². The minimum atomic E-state index is 0.998. The number of benzene rings is 2. The molecule has 0 fully saturated rings. The number of aliphatic imine (C=N–C) groups is 1. The normalized spacial score (nSPS) is 11.7. The maximum absolute atomic E-state index is 4.35. The highest BCUT2D eigenvalue weighted by Gasteiger charge is 1.99. The molecule has 0 saturated heterocycles. The summed E-state index contributed by atoms with van der Waals surface area (Å²) in [6.07, 6.45) is 5.30. The van der Waals surface area contributed by atoms with Crippen molar-refractivity contribution in [3.63, 3.8) is 0 Å². The molecule has 2 rings (SSSR count). The molecular formula is C18H17N. The Balaban J connectivity index is 2.21. The van der Waals surface area contributed by atoms with E-state index in [0.29, 0.717) is 0 Å². The lowest BCUT2D eigenvalue weighted by molar-refractivity contribution is 1.49. The molecular weight excluding hydrogens is 230 g/mol. The summed E-state index contributed by atoms with van der Waals surface area (Å²) in [5.41, 5.74) is 4.58. The van der Waals surface area contributed by atoms with Crippen LogP contribution < -0.4 is 0 Å². The Labute approximate surface area is 114 Å². The highest BCUT2D eigenvalue weighted by molar-refractivity contribution is 5.99. The van der Waals surface area contributed by atoms with Gasteiger partial charge in [0, 0.05) is 11.9 Å². The van der Waals surface area contributed by atoms with Crippen molar-refractivity contribution in [2.45, 2.75) is 6.92 Å². The van der Waals surface area contributed by atoms with E-state index in [-0.39, 0.29) is 0 Å². The van der Waals surface area contributed by atoms with Gasteiger partial charge in [0.05, 0.1) is 0 Å². The Hall–Kier alpha value is -2.41. The molecule has 0 bridgehead atoms. The van der Waals surface area contributed by atoms with Crippen molar-refractivity contribution < 1.29 is 0 Å². The molecule has 94 valence electrons. The van der Waals surface area contributed by atoms with Crippen LogP contribution in [0.4, 0.5) is 0 Å². The highest BCUT2D eigenvalue weighted by atomic mass is 14.7. The Kier molecular flexibility index (Phi) is 4.46. The summed E-state index contributed by atoms with van der Waals surface area (Å²) in [4.78, 5) is 4.35. The third kappa shape index (κ3) is 3.52. The summed E-state index contributed by atoms with van der Waals surface area (Å²) in [6, 6.07) is 18.8. The fourth-order valence-corrected chi connectivity index (χ4v) is 1.82. The molecule has 0 N–H and O–H groups in total. The topological polar surface area (TPSA) is 12.4 Å². The summed E-state index contributed by atoms with van der Waals surface area (Å²) in [5, 5.41) is 0. The van der Waals surface area contributed by atoms with Crippen molar-refractivity contribution in [1.82, 2.24) is 0 Å². The molecule has 0 aliphatic heterocycles. The lowest BCUT2D eigenvalue weighted by Crippen LogP contribution is -1.93. The van der Waals surface area contributed by atoms with E-state index in [1.807, 2.05) is 19.1 Å². The van der Waals surface area contributed by atoms with E-state index >= 15 is 0 Å². The van der Waals surface area contributed by atoms with Gasteiger partial charge in [-0.2, -0.15) is 0 Å². The minimum Gasteiger partial charge on any atom is -0.261 e. The molecule has 0 radical (unpaired) electrons. The molecule has 0 saturated carbocycles. The fraction of sp³-hybridized carbons (Fsp3) is 0.0556. The van der Waals surface area contributed by atoms with Crippen LogP contribution in [-0.2, 0) is 0 Å². The fourth-order valence-electron chi connectivity index (χ4n) is 1.82. The molecule has 0 unspecified atom stereocenters. The Morgan fingerprint density at radius 1 is 0.947 bits per heavy atom. The number of nitrogens with zero attached hydrogens (tertiary/aromatic N) is 1. The predicted molar refractivity (Wildman–Crippen MR) is 83.4 cm³/mol. The molecule has 0 spiro atoms. The molecule has 0 aromatic heterocycles. The third-order valence-electron chi connectivity index (χ3n) is 2.90. The van der Waals surface area contributed by atoms with Gasteiger partial charge in [0.2, 0.25) is 0 Å². The second kappa shape index (κ2) is 6.50. The van der Waals surface area contributed by atoms with Crippen LogP contribution in [0.5, 0.6) is 0 Å². The van der Waals surface area contributed by atoms with Crippen LogP contribution in [-0.4, -0.2) is 5.71 Å². The first-order valence-corrected chi connectivity index (χ1v) is 6.29. The van der Waals surface area contributed by atoms with E-state index in [1.165, 1.54) is 11.1 Å². The lowest BCUT2D eigenvalue weighted by atomic mass is 10.0. The maximum Gasteiger partial charge on any atom is 0.0444 e. The molecule has 0 aliphatic carbocycles. The van der Waals surface area contributed by atoms with Crippen LogP contribution in [0.3, 0.4) is 0 Å². The van der Waals surface area contributed by atoms with Gasteiger partial charge in [0.25, 0.3) is 0 Å². The van der Waals surface area contributed by atoms with E-state index < -0.39 is 0 Å². The van der Waals surface area contributed by atoms with Crippen LogP contribution in [0.2, 0.25) is 0 Å². The van der Waals surface area contributed by atoms with E-state index in [0.717, 1.165) is 11.3 Å². The van der Waals surface area contributed by atoms with Gasteiger partial charge in [-0.05, 0) is 29.7 Å². The van der Waals surface area contributed by atoms with Crippen molar-refractivity contribution in [2.24, 2.45) is 4.99 Å². The molecule has 1 heteroatoms. The number of hydrogen-bond acceptors (Lipinski definition) is 1. The monoisotopic (exact) mass is 247 g/mol. The summed E-state index contributed by atoms with van der Waals surface area (Å²) in [6.45, 7) is 5.62. The molecule has 2 aromatic carbocycles. The van der Waals surface area contributed by atoms with Crippen molar-refractivity contribution in [1.29, 1.82) is 0 Å². The zero-order valence-electron chi connectivity index (χ0n) is 11.1. The van der Waals surface area contributed by atoms with Crippen LogP contribution in [0.1, 0.15) is 12.5 Å². The van der Waals surface area contributed by atoms with Gasteiger partial charge in [-0.1, -0.05) is 67.3 Å². The largest absolute Gasteiger partial charge is 0.261 e. The average molecular weight is 247 g/mol. The number of allylic oxidation sites excluding steroid dienone is 2. The first-order valence-electron chi connectivity index (χ1n) is 6.29. The lowest BCUT2D eigenvalue weighted by Gasteiger charge is -2.03. The van der Waals surface area contributed by atoms with E-state index in [2.05, 4.69) is 60.1 Å². The molecule has 0 amide bonds. The van der Waals surface area contributed by atoms with Gasteiger partial charge in [-0.3, -0.25) is 4.99 Å². The minimum absolute atomic E-state index is 0.998. The van der Waals surface area contributed by atoms with E-state index in [1.54, 1.807) is 12.3 Å². The van der Waals surface area contributed by atoms with Crippen LogP contribution in [0.25, 0.3) is 11.1 Å². The molecule has 2 aromatic rings. The van der Waals surface area contributed by atoms with Crippen LogP contribution in [0.15, 0.2) is 84.5 Å². The first-order chi connectivity index (χ1) is 9.31. The van der Waals surface area contributed by atoms with Gasteiger partial charge in [-0.15, -0.1) is 0 Å². The second-order valence-electron chi connectivity index (χ2n) is 4.24. The predicted octanol–water partition coefficient (Wildman–Crippen LogP) is 4.86. The van der Waals surface area contributed by atoms with Gasteiger partial charge in [0.15, 0.2) is 0 Å². The summed E-state index contributed by atoms with van der Waals surface area (Å²) < 4.78 is 0. The maximum atomic E-state index is 4.35. The average Bonchev–Trinajstić information content (AvgIpc) is 2.48.